The van der Waals surface area contributed by atoms with Gasteiger partial charge in [-0.2, -0.15) is 0 Å². The molecular weight excluding hydrogens is 411 g/mol. The number of halogens is 1. The number of carbonyl (C=O) groups excluding carboxylic acids is 1. The molecule has 2 aromatic carbocycles. The van der Waals surface area contributed by atoms with E-state index in [1.165, 1.54) is 46.6 Å². The number of hydrogen-bond acceptors (Lipinski definition) is 7. The van der Waals surface area contributed by atoms with Gasteiger partial charge in [-0.1, -0.05) is 17.4 Å². The van der Waals surface area contributed by atoms with E-state index in [1.807, 2.05) is 0 Å². The fourth-order valence-electron chi connectivity index (χ4n) is 3.25. The Morgan fingerprint density at radius 3 is 2.63 bits per heavy atom. The number of anilines is 1. The van der Waals surface area contributed by atoms with E-state index in [0.717, 1.165) is 13.1 Å². The molecule has 0 atom stereocenters. The molecule has 1 fully saturated rings. The molecule has 10 heteroatoms. The first-order chi connectivity index (χ1) is 14.5. The second-order valence-corrected chi connectivity index (χ2v) is 7.81. The van der Waals surface area contributed by atoms with E-state index in [9.17, 15) is 19.3 Å². The third-order valence-corrected chi connectivity index (χ3v) is 5.95. The van der Waals surface area contributed by atoms with Crippen molar-refractivity contribution >= 4 is 38.3 Å². The van der Waals surface area contributed by atoms with Crippen LogP contribution in [0, 0.1) is 15.9 Å². The molecule has 0 aliphatic carbocycles. The molecule has 0 unspecified atom stereocenters. The van der Waals surface area contributed by atoms with Gasteiger partial charge in [0, 0.05) is 43.9 Å². The molecule has 156 valence electrons. The van der Waals surface area contributed by atoms with Crippen molar-refractivity contribution in [3.8, 4) is 0 Å². The van der Waals surface area contributed by atoms with Gasteiger partial charge in [0.1, 0.15) is 11.3 Å². The van der Waals surface area contributed by atoms with Gasteiger partial charge in [-0.15, -0.1) is 0 Å². The molecule has 0 spiro atoms. The highest BCUT2D eigenvalue weighted by molar-refractivity contribution is 7.22. The van der Waals surface area contributed by atoms with E-state index in [0.29, 0.717) is 41.7 Å². The molecule has 1 aromatic heterocycles. The minimum atomic E-state index is -0.513. The number of non-ortho nitro benzene ring substituents is 1. The normalized spacial score (nSPS) is 14.7. The molecule has 0 bridgehead atoms. The van der Waals surface area contributed by atoms with Crippen LogP contribution < -0.4 is 4.90 Å². The smallest absolute Gasteiger partial charge is 0.269 e. The molecule has 30 heavy (non-hydrogen) atoms. The second kappa shape index (κ2) is 8.82. The van der Waals surface area contributed by atoms with Crippen LogP contribution in [0.3, 0.4) is 0 Å². The molecule has 1 amide bonds. The minimum Gasteiger partial charge on any atom is -0.379 e. The predicted octanol–water partition coefficient (Wildman–Crippen LogP) is 3.32. The quantitative estimate of drug-likeness (QED) is 0.440. The molecule has 8 nitrogen and oxygen atoms in total. The average molecular weight is 430 g/mol. The number of rotatable bonds is 6. The number of nitro groups is 1. The van der Waals surface area contributed by atoms with Crippen LogP contribution in [0.5, 0.6) is 0 Å². The van der Waals surface area contributed by atoms with E-state index in [-0.39, 0.29) is 17.1 Å². The Morgan fingerprint density at radius 2 is 1.97 bits per heavy atom. The number of para-hydroxylation sites is 1. The molecular formula is C20H19FN4O4S. The van der Waals surface area contributed by atoms with Crippen LogP contribution in [0.15, 0.2) is 42.5 Å². The van der Waals surface area contributed by atoms with E-state index in [2.05, 4.69) is 9.88 Å². The Balaban J connectivity index is 1.63. The van der Waals surface area contributed by atoms with Crippen molar-refractivity contribution in [2.45, 2.75) is 0 Å². The first kappa shape index (κ1) is 20.3. The number of aromatic nitrogens is 1. The topological polar surface area (TPSA) is 88.8 Å². The van der Waals surface area contributed by atoms with Crippen LogP contribution in [0.1, 0.15) is 10.4 Å². The van der Waals surface area contributed by atoms with Crippen LogP contribution in [0.2, 0.25) is 0 Å². The van der Waals surface area contributed by atoms with Crippen LogP contribution in [0.4, 0.5) is 15.2 Å². The van der Waals surface area contributed by atoms with Gasteiger partial charge in [0.05, 0.1) is 22.8 Å². The summed E-state index contributed by atoms with van der Waals surface area (Å²) in [5.41, 5.74) is 0.446. The van der Waals surface area contributed by atoms with Crippen LogP contribution in [-0.2, 0) is 4.74 Å². The van der Waals surface area contributed by atoms with E-state index in [1.54, 1.807) is 12.1 Å². The van der Waals surface area contributed by atoms with Crippen molar-refractivity contribution in [2.24, 2.45) is 0 Å². The van der Waals surface area contributed by atoms with E-state index in [4.69, 9.17) is 4.74 Å². The summed E-state index contributed by atoms with van der Waals surface area (Å²) >= 11 is 1.24. The van der Waals surface area contributed by atoms with Gasteiger partial charge in [-0.3, -0.25) is 24.7 Å². The summed E-state index contributed by atoms with van der Waals surface area (Å²) in [7, 11) is 0. The monoisotopic (exact) mass is 430 g/mol. The van der Waals surface area contributed by atoms with Gasteiger partial charge < -0.3 is 4.74 Å². The van der Waals surface area contributed by atoms with Crippen LogP contribution in [-0.4, -0.2) is 60.1 Å². The number of carbonyl (C=O) groups is 1. The SMILES string of the molecule is O=C(c1ccc([N+](=O)[O-])cc1)N(CCN1CCOCC1)c1nc2c(F)cccc2s1. The van der Waals surface area contributed by atoms with Crippen molar-refractivity contribution in [2.75, 3.05) is 44.3 Å². The second-order valence-electron chi connectivity index (χ2n) is 6.80. The summed E-state index contributed by atoms with van der Waals surface area (Å²) in [5.74, 6) is -0.775. The van der Waals surface area contributed by atoms with Crippen molar-refractivity contribution in [3.05, 3.63) is 64.0 Å². The fraction of sp³-hybridized carbons (Fsp3) is 0.300. The molecule has 0 N–H and O–H groups in total. The first-order valence-corrected chi connectivity index (χ1v) is 10.3. The molecule has 1 aliphatic rings. The summed E-state index contributed by atoms with van der Waals surface area (Å²) in [4.78, 5) is 31.7. The van der Waals surface area contributed by atoms with E-state index < -0.39 is 10.7 Å². The Bertz CT molecular complexity index is 1070. The average Bonchev–Trinajstić information content (AvgIpc) is 3.20. The highest BCUT2D eigenvalue weighted by Gasteiger charge is 2.24. The van der Waals surface area contributed by atoms with Gasteiger partial charge >= 0.3 is 0 Å². The predicted molar refractivity (Wildman–Crippen MR) is 112 cm³/mol. The third-order valence-electron chi connectivity index (χ3n) is 4.90. The zero-order valence-corrected chi connectivity index (χ0v) is 16.8. The zero-order valence-electron chi connectivity index (χ0n) is 16.0. The number of amides is 1. The Morgan fingerprint density at radius 1 is 1.23 bits per heavy atom. The number of ether oxygens (including phenoxy) is 1. The zero-order chi connectivity index (χ0) is 21.1. The maximum absolute atomic E-state index is 14.1. The van der Waals surface area contributed by atoms with Crippen LogP contribution in [0.25, 0.3) is 10.2 Å². The number of nitrogens with zero attached hydrogens (tertiary/aromatic N) is 4. The lowest BCUT2D eigenvalue weighted by atomic mass is 10.2. The summed E-state index contributed by atoms with van der Waals surface area (Å²) in [6.45, 7) is 3.80. The lowest BCUT2D eigenvalue weighted by Gasteiger charge is -2.29. The number of thiazole rings is 1. The third kappa shape index (κ3) is 4.30. The lowest BCUT2D eigenvalue weighted by molar-refractivity contribution is -0.384. The van der Waals surface area contributed by atoms with Crippen molar-refractivity contribution < 1.29 is 18.8 Å². The maximum atomic E-state index is 14.1. The van der Waals surface area contributed by atoms with Gasteiger partial charge in [0.25, 0.3) is 11.6 Å². The molecule has 0 radical (unpaired) electrons. The molecule has 1 saturated heterocycles. The van der Waals surface area contributed by atoms with Gasteiger partial charge in [-0.05, 0) is 24.3 Å². The van der Waals surface area contributed by atoms with Crippen molar-refractivity contribution in [3.63, 3.8) is 0 Å². The largest absolute Gasteiger partial charge is 0.379 e. The molecule has 3 aromatic rings. The maximum Gasteiger partial charge on any atom is 0.269 e. The number of morpholine rings is 1. The lowest BCUT2D eigenvalue weighted by Crippen LogP contribution is -2.43. The molecule has 2 heterocycles. The molecule has 1 aliphatic heterocycles. The molecule has 0 saturated carbocycles. The standard InChI is InChI=1S/C20H19FN4O4S/c21-16-2-1-3-17-18(16)22-20(30-17)24(9-8-23-10-12-29-13-11-23)19(26)14-4-6-15(7-5-14)25(27)28/h1-7H,8-13H2. The number of hydrogen-bond donors (Lipinski definition) is 0. The fourth-order valence-corrected chi connectivity index (χ4v) is 4.25. The minimum absolute atomic E-state index is 0.0894. The summed E-state index contributed by atoms with van der Waals surface area (Å²) in [6.07, 6.45) is 0. The van der Waals surface area contributed by atoms with Gasteiger partial charge in [-0.25, -0.2) is 9.37 Å². The number of benzene rings is 2. The van der Waals surface area contributed by atoms with Crippen molar-refractivity contribution in [1.82, 2.24) is 9.88 Å². The first-order valence-electron chi connectivity index (χ1n) is 9.44. The summed E-state index contributed by atoms with van der Waals surface area (Å²) < 4.78 is 20.2. The summed E-state index contributed by atoms with van der Waals surface area (Å²) in [5, 5.41) is 11.3. The Labute approximate surface area is 175 Å². The Hall–Kier alpha value is -2.95. The number of fused-ring (bicyclic) bond motifs is 1. The number of nitro benzene ring substituents is 1. The van der Waals surface area contributed by atoms with E-state index >= 15 is 0 Å². The summed E-state index contributed by atoms with van der Waals surface area (Å²) in [6, 6.07) is 10.1. The van der Waals surface area contributed by atoms with Crippen molar-refractivity contribution in [1.29, 1.82) is 0 Å². The highest BCUT2D eigenvalue weighted by Crippen LogP contribution is 2.31. The van der Waals surface area contributed by atoms with Gasteiger partial charge in [0.15, 0.2) is 5.13 Å². The van der Waals surface area contributed by atoms with Crippen LogP contribution >= 0.6 is 11.3 Å². The molecule has 4 rings (SSSR count). The highest BCUT2D eigenvalue weighted by atomic mass is 32.1. The van der Waals surface area contributed by atoms with Gasteiger partial charge in [0.2, 0.25) is 0 Å². The Kier molecular flexibility index (Phi) is 5.98.